The Bertz CT molecular complexity index is 605. The minimum absolute atomic E-state index is 0.0509. The maximum atomic E-state index is 12.3. The predicted octanol–water partition coefficient (Wildman–Crippen LogP) is 1.19. The molecule has 7 heteroatoms. The van der Waals surface area contributed by atoms with Crippen LogP contribution in [0.15, 0.2) is 4.52 Å². The van der Waals surface area contributed by atoms with Crippen molar-refractivity contribution >= 4 is 5.91 Å². The second-order valence-corrected chi connectivity index (χ2v) is 7.65. The number of amides is 1. The van der Waals surface area contributed by atoms with Gasteiger partial charge in [0, 0.05) is 44.7 Å². The number of carbonyl (C=O) groups is 1. The first kappa shape index (κ1) is 16.0. The van der Waals surface area contributed by atoms with Crippen molar-refractivity contribution in [3.8, 4) is 0 Å². The van der Waals surface area contributed by atoms with Crippen molar-refractivity contribution in [1.29, 1.82) is 0 Å². The Kier molecular flexibility index (Phi) is 4.08. The van der Waals surface area contributed by atoms with Crippen molar-refractivity contribution in [3.05, 3.63) is 11.7 Å². The number of likely N-dealkylation sites (tertiary alicyclic amines) is 2. The third-order valence-corrected chi connectivity index (χ3v) is 5.99. The summed E-state index contributed by atoms with van der Waals surface area (Å²) in [5.74, 6) is 1.53. The first-order valence-electron chi connectivity index (χ1n) is 8.92. The van der Waals surface area contributed by atoms with Gasteiger partial charge in [0.15, 0.2) is 5.82 Å². The third-order valence-electron chi connectivity index (χ3n) is 5.99. The van der Waals surface area contributed by atoms with Crippen LogP contribution < -0.4 is 0 Å². The van der Waals surface area contributed by atoms with Crippen LogP contribution in [0.25, 0.3) is 0 Å². The molecule has 1 amide bonds. The van der Waals surface area contributed by atoms with E-state index in [-0.39, 0.29) is 23.8 Å². The van der Waals surface area contributed by atoms with E-state index in [0.717, 1.165) is 25.7 Å². The Labute approximate surface area is 142 Å². The van der Waals surface area contributed by atoms with Crippen LogP contribution >= 0.6 is 0 Å². The Morgan fingerprint density at radius 1 is 1.33 bits per heavy atom. The largest absolute Gasteiger partial charge is 0.375 e. The molecule has 1 aromatic heterocycles. The van der Waals surface area contributed by atoms with Gasteiger partial charge < -0.3 is 14.2 Å². The number of ether oxygens (including phenoxy) is 1. The Balaban J connectivity index is 1.52. The number of rotatable bonds is 4. The molecule has 1 aromatic rings. The zero-order valence-electron chi connectivity index (χ0n) is 14.5. The lowest BCUT2D eigenvalue weighted by atomic mass is 9.70. The topological polar surface area (TPSA) is 71.7 Å². The van der Waals surface area contributed by atoms with E-state index in [2.05, 4.69) is 15.0 Å². The molecule has 0 radical (unpaired) electrons. The molecule has 1 aliphatic carbocycles. The minimum atomic E-state index is 0.0509. The maximum Gasteiger partial charge on any atom is 0.248 e. The lowest BCUT2D eigenvalue weighted by molar-refractivity contribution is -0.135. The Hall–Kier alpha value is -1.47. The summed E-state index contributed by atoms with van der Waals surface area (Å²) in [4.78, 5) is 21.3. The molecule has 1 spiro atoms. The molecule has 7 nitrogen and oxygen atoms in total. The number of carbonyl (C=O) groups excluding carboxylic acids is 1. The van der Waals surface area contributed by atoms with Crippen molar-refractivity contribution in [3.63, 3.8) is 0 Å². The van der Waals surface area contributed by atoms with Gasteiger partial charge in [0.1, 0.15) is 6.61 Å². The number of aryl methyl sites for hydroxylation is 1. The molecule has 0 aromatic carbocycles. The third kappa shape index (κ3) is 2.63. The summed E-state index contributed by atoms with van der Waals surface area (Å²) in [6.07, 6.45) is 5.32. The molecule has 3 fully saturated rings. The van der Waals surface area contributed by atoms with E-state index in [4.69, 9.17) is 9.26 Å². The molecule has 1 unspecified atom stereocenters. The standard InChI is InChI=1S/C17H26N4O3/c1-12-18-16(24-19-12)14-7-20(15(22)8-23-2)9-17(14)10-21(11-17)13-5-3-4-6-13/h13-14H,3-11H2,1-2H3. The van der Waals surface area contributed by atoms with E-state index in [1.54, 1.807) is 7.11 Å². The van der Waals surface area contributed by atoms with Crippen LogP contribution in [0.4, 0.5) is 0 Å². The van der Waals surface area contributed by atoms with Gasteiger partial charge in [0.25, 0.3) is 0 Å². The summed E-state index contributed by atoms with van der Waals surface area (Å²) < 4.78 is 10.5. The van der Waals surface area contributed by atoms with Gasteiger partial charge in [-0.15, -0.1) is 0 Å². The smallest absolute Gasteiger partial charge is 0.248 e. The first-order chi connectivity index (χ1) is 11.6. The van der Waals surface area contributed by atoms with Gasteiger partial charge in [-0.2, -0.15) is 4.98 Å². The van der Waals surface area contributed by atoms with Crippen LogP contribution in [0.5, 0.6) is 0 Å². The van der Waals surface area contributed by atoms with E-state index in [1.807, 2.05) is 11.8 Å². The van der Waals surface area contributed by atoms with Gasteiger partial charge in [-0.3, -0.25) is 9.69 Å². The monoisotopic (exact) mass is 334 g/mol. The van der Waals surface area contributed by atoms with Crippen LogP contribution in [0.3, 0.4) is 0 Å². The molecular formula is C17H26N4O3. The molecule has 0 N–H and O–H groups in total. The predicted molar refractivity (Wildman–Crippen MR) is 86.5 cm³/mol. The van der Waals surface area contributed by atoms with Crippen molar-refractivity contribution in [2.24, 2.45) is 5.41 Å². The lowest BCUT2D eigenvalue weighted by Crippen LogP contribution is -2.62. The zero-order chi connectivity index (χ0) is 16.7. The van der Waals surface area contributed by atoms with Crippen molar-refractivity contribution < 1.29 is 14.1 Å². The quantitative estimate of drug-likeness (QED) is 0.824. The number of aromatic nitrogens is 2. The van der Waals surface area contributed by atoms with Crippen LogP contribution in [-0.2, 0) is 9.53 Å². The van der Waals surface area contributed by atoms with Gasteiger partial charge in [0.05, 0.1) is 5.92 Å². The van der Waals surface area contributed by atoms with Gasteiger partial charge in [-0.05, 0) is 19.8 Å². The number of nitrogens with zero attached hydrogens (tertiary/aromatic N) is 4. The summed E-state index contributed by atoms with van der Waals surface area (Å²) in [6, 6.07) is 0.726. The van der Waals surface area contributed by atoms with E-state index in [9.17, 15) is 4.79 Å². The zero-order valence-corrected chi connectivity index (χ0v) is 14.5. The molecule has 132 valence electrons. The normalized spacial score (nSPS) is 27.1. The molecule has 3 heterocycles. The van der Waals surface area contributed by atoms with Gasteiger partial charge in [-0.1, -0.05) is 18.0 Å². The molecule has 24 heavy (non-hydrogen) atoms. The summed E-state index contributed by atoms with van der Waals surface area (Å²) >= 11 is 0. The molecule has 0 bridgehead atoms. The minimum Gasteiger partial charge on any atom is -0.375 e. The number of hydrogen-bond donors (Lipinski definition) is 0. The van der Waals surface area contributed by atoms with Crippen molar-refractivity contribution in [2.75, 3.05) is 39.9 Å². The lowest BCUT2D eigenvalue weighted by Gasteiger charge is -2.52. The van der Waals surface area contributed by atoms with Gasteiger partial charge >= 0.3 is 0 Å². The summed E-state index contributed by atoms with van der Waals surface area (Å²) in [6.45, 7) is 5.46. The van der Waals surface area contributed by atoms with E-state index in [0.29, 0.717) is 18.3 Å². The second-order valence-electron chi connectivity index (χ2n) is 7.65. The number of methoxy groups -OCH3 is 1. The molecule has 3 aliphatic rings. The SMILES string of the molecule is COCC(=O)N1CC(c2nc(C)no2)C2(C1)CN(C1CCCC1)C2. The van der Waals surface area contributed by atoms with Crippen molar-refractivity contribution in [2.45, 2.75) is 44.6 Å². The fourth-order valence-corrected chi connectivity index (χ4v) is 4.78. The highest BCUT2D eigenvalue weighted by Gasteiger charge is 2.58. The summed E-state index contributed by atoms with van der Waals surface area (Å²) in [5, 5.41) is 3.96. The average Bonchev–Trinajstić information content (AvgIpc) is 3.24. The highest BCUT2D eigenvalue weighted by atomic mass is 16.5. The van der Waals surface area contributed by atoms with Crippen LogP contribution in [0.2, 0.25) is 0 Å². The number of hydrogen-bond acceptors (Lipinski definition) is 6. The Morgan fingerprint density at radius 2 is 2.08 bits per heavy atom. The van der Waals surface area contributed by atoms with Crippen LogP contribution in [0.1, 0.15) is 43.3 Å². The highest BCUT2D eigenvalue weighted by molar-refractivity contribution is 5.78. The molecule has 1 atom stereocenters. The molecule has 2 saturated heterocycles. The fourth-order valence-electron chi connectivity index (χ4n) is 4.78. The molecule has 2 aliphatic heterocycles. The molecule has 4 rings (SSSR count). The highest BCUT2D eigenvalue weighted by Crippen LogP contribution is 2.50. The molecule has 1 saturated carbocycles. The summed E-state index contributed by atoms with van der Waals surface area (Å²) in [7, 11) is 1.56. The average molecular weight is 334 g/mol. The second kappa shape index (κ2) is 6.11. The van der Waals surface area contributed by atoms with Crippen LogP contribution in [0, 0.1) is 12.3 Å². The van der Waals surface area contributed by atoms with Gasteiger partial charge in [0.2, 0.25) is 11.8 Å². The maximum absolute atomic E-state index is 12.3. The molecular weight excluding hydrogens is 308 g/mol. The van der Waals surface area contributed by atoms with Crippen LogP contribution in [-0.4, -0.2) is 71.8 Å². The van der Waals surface area contributed by atoms with Crippen molar-refractivity contribution in [1.82, 2.24) is 19.9 Å². The van der Waals surface area contributed by atoms with E-state index in [1.165, 1.54) is 25.7 Å². The Morgan fingerprint density at radius 3 is 2.71 bits per heavy atom. The van der Waals surface area contributed by atoms with E-state index >= 15 is 0 Å². The fraction of sp³-hybridized carbons (Fsp3) is 0.824. The summed E-state index contributed by atoms with van der Waals surface area (Å²) in [5.41, 5.74) is 0.0605. The first-order valence-corrected chi connectivity index (χ1v) is 8.92. The van der Waals surface area contributed by atoms with Gasteiger partial charge in [-0.25, -0.2) is 0 Å². The van der Waals surface area contributed by atoms with E-state index < -0.39 is 0 Å².